The highest BCUT2D eigenvalue weighted by molar-refractivity contribution is 5.98. The van der Waals surface area contributed by atoms with Crippen LogP contribution in [0.15, 0.2) is 18.2 Å². The minimum absolute atomic E-state index is 0.0496. The van der Waals surface area contributed by atoms with Gasteiger partial charge in [0.25, 0.3) is 0 Å². The first kappa shape index (κ1) is 18.0. The van der Waals surface area contributed by atoms with Crippen molar-refractivity contribution in [1.29, 1.82) is 0 Å². The van der Waals surface area contributed by atoms with Gasteiger partial charge in [0.15, 0.2) is 0 Å². The number of halogens is 3. The van der Waals surface area contributed by atoms with Gasteiger partial charge in [0, 0.05) is 12.5 Å². The Morgan fingerprint density at radius 3 is 2.64 bits per heavy atom. The number of benzene rings is 1. The first-order valence-corrected chi connectivity index (χ1v) is 8.82. The van der Waals surface area contributed by atoms with Crippen molar-refractivity contribution in [2.75, 3.05) is 30.3 Å². The summed E-state index contributed by atoms with van der Waals surface area (Å²) in [5.74, 6) is -0.260. The molecule has 0 aromatic heterocycles. The van der Waals surface area contributed by atoms with Gasteiger partial charge in [-0.25, -0.2) is 0 Å². The zero-order valence-corrected chi connectivity index (χ0v) is 14.3. The molecule has 1 amide bonds. The van der Waals surface area contributed by atoms with Crippen LogP contribution in [-0.2, 0) is 11.0 Å². The molecule has 1 atom stereocenters. The number of piperidine rings is 1. The summed E-state index contributed by atoms with van der Waals surface area (Å²) in [4.78, 5) is 12.6. The van der Waals surface area contributed by atoms with E-state index in [4.69, 9.17) is 0 Å². The Balaban J connectivity index is 1.76. The highest BCUT2D eigenvalue weighted by atomic mass is 19.4. The fourth-order valence-corrected chi connectivity index (χ4v) is 3.65. The Kier molecular flexibility index (Phi) is 4.95. The van der Waals surface area contributed by atoms with E-state index >= 15 is 0 Å². The summed E-state index contributed by atoms with van der Waals surface area (Å²) in [6.07, 6.45) is -0.855. The monoisotopic (exact) mass is 355 g/mol. The van der Waals surface area contributed by atoms with E-state index in [-0.39, 0.29) is 22.9 Å². The van der Waals surface area contributed by atoms with E-state index in [1.54, 1.807) is 0 Å². The van der Waals surface area contributed by atoms with Gasteiger partial charge in [-0.3, -0.25) is 4.79 Å². The highest BCUT2D eigenvalue weighted by Gasteiger charge is 2.57. The van der Waals surface area contributed by atoms with Gasteiger partial charge in [-0.1, -0.05) is 6.92 Å². The zero-order chi connectivity index (χ0) is 18.1. The lowest BCUT2D eigenvalue weighted by Gasteiger charge is -2.23. The van der Waals surface area contributed by atoms with Crippen LogP contribution >= 0.6 is 0 Å². The van der Waals surface area contributed by atoms with Crippen LogP contribution in [0.3, 0.4) is 0 Å². The Bertz CT molecular complexity index is 639. The second kappa shape index (κ2) is 6.86. The maximum absolute atomic E-state index is 13.0. The lowest BCUT2D eigenvalue weighted by atomic mass is 9.91. The molecule has 2 aliphatic rings. The molecule has 0 bridgehead atoms. The van der Waals surface area contributed by atoms with Crippen molar-refractivity contribution in [3.63, 3.8) is 0 Å². The fourth-order valence-electron chi connectivity index (χ4n) is 3.65. The van der Waals surface area contributed by atoms with Crippen molar-refractivity contribution in [1.82, 2.24) is 5.32 Å². The Morgan fingerprint density at radius 1 is 1.28 bits per heavy atom. The fraction of sp³-hybridized carbons (Fsp3) is 0.611. The van der Waals surface area contributed by atoms with Gasteiger partial charge in [0.2, 0.25) is 5.91 Å². The molecule has 0 radical (unpaired) electrons. The van der Waals surface area contributed by atoms with Crippen LogP contribution in [0.2, 0.25) is 0 Å². The average molecular weight is 355 g/mol. The van der Waals surface area contributed by atoms with Crippen molar-refractivity contribution in [2.24, 2.45) is 11.3 Å². The number of rotatable bonds is 5. The molecule has 1 aromatic rings. The SMILES string of the molecule is CCCNc1ccc(C(F)(F)F)cc1NC(=O)C1CC12CCNCC2. The van der Waals surface area contributed by atoms with Gasteiger partial charge in [-0.2, -0.15) is 13.2 Å². The third-order valence-electron chi connectivity index (χ3n) is 5.28. The molecule has 7 heteroatoms. The van der Waals surface area contributed by atoms with Crippen molar-refractivity contribution in [3.05, 3.63) is 23.8 Å². The lowest BCUT2D eigenvalue weighted by Crippen LogP contribution is -2.31. The summed E-state index contributed by atoms with van der Waals surface area (Å²) < 4.78 is 39.0. The Labute approximate surface area is 145 Å². The predicted octanol–water partition coefficient (Wildman–Crippen LogP) is 3.86. The minimum atomic E-state index is -4.43. The van der Waals surface area contributed by atoms with Crippen LogP contribution in [0.5, 0.6) is 0 Å². The lowest BCUT2D eigenvalue weighted by molar-refractivity contribution is -0.137. The summed E-state index contributed by atoms with van der Waals surface area (Å²) in [6.45, 7) is 4.40. The molecule has 2 fully saturated rings. The van der Waals surface area contributed by atoms with E-state index in [1.165, 1.54) is 6.07 Å². The molecule has 1 spiro atoms. The van der Waals surface area contributed by atoms with Crippen LogP contribution in [0.25, 0.3) is 0 Å². The largest absolute Gasteiger partial charge is 0.416 e. The number of alkyl halides is 3. The van der Waals surface area contributed by atoms with Crippen LogP contribution < -0.4 is 16.0 Å². The third-order valence-corrected chi connectivity index (χ3v) is 5.28. The highest BCUT2D eigenvalue weighted by Crippen LogP contribution is 2.58. The number of hydrogen-bond donors (Lipinski definition) is 3. The Hall–Kier alpha value is -1.76. The second-order valence-corrected chi connectivity index (χ2v) is 7.04. The van der Waals surface area contributed by atoms with Gasteiger partial charge >= 0.3 is 6.18 Å². The summed E-state index contributed by atoms with van der Waals surface area (Å²) in [7, 11) is 0. The number of nitrogens with one attached hydrogen (secondary N) is 3. The van der Waals surface area contributed by atoms with Gasteiger partial charge in [0.1, 0.15) is 0 Å². The van der Waals surface area contributed by atoms with E-state index in [0.29, 0.717) is 12.2 Å². The first-order valence-electron chi connectivity index (χ1n) is 8.82. The van der Waals surface area contributed by atoms with Gasteiger partial charge in [-0.05, 0) is 62.4 Å². The zero-order valence-electron chi connectivity index (χ0n) is 14.3. The van der Waals surface area contributed by atoms with Crippen molar-refractivity contribution < 1.29 is 18.0 Å². The van der Waals surface area contributed by atoms with Crippen LogP contribution in [0, 0.1) is 11.3 Å². The number of hydrogen-bond acceptors (Lipinski definition) is 3. The number of carbonyl (C=O) groups excluding carboxylic acids is 1. The normalized spacial score (nSPS) is 21.8. The van der Waals surface area contributed by atoms with Crippen LogP contribution in [-0.4, -0.2) is 25.5 Å². The van der Waals surface area contributed by atoms with Crippen molar-refractivity contribution >= 4 is 17.3 Å². The summed E-state index contributed by atoms with van der Waals surface area (Å²) in [5, 5.41) is 9.11. The van der Waals surface area contributed by atoms with E-state index in [0.717, 1.165) is 50.9 Å². The summed E-state index contributed by atoms with van der Waals surface area (Å²) in [6, 6.07) is 3.45. The molecule has 25 heavy (non-hydrogen) atoms. The molecule has 1 aliphatic heterocycles. The molecular formula is C18H24F3N3O. The molecule has 3 rings (SSSR count). The quantitative estimate of drug-likeness (QED) is 0.752. The van der Waals surface area contributed by atoms with E-state index in [1.807, 2.05) is 6.92 Å². The molecule has 1 saturated heterocycles. The van der Waals surface area contributed by atoms with E-state index in [2.05, 4.69) is 16.0 Å². The summed E-state index contributed by atoms with van der Waals surface area (Å²) >= 11 is 0. The molecular weight excluding hydrogens is 331 g/mol. The Morgan fingerprint density at radius 2 is 2.00 bits per heavy atom. The minimum Gasteiger partial charge on any atom is -0.383 e. The summed E-state index contributed by atoms with van der Waals surface area (Å²) in [5.41, 5.74) is 0.0400. The molecule has 3 N–H and O–H groups in total. The molecule has 138 valence electrons. The maximum Gasteiger partial charge on any atom is 0.416 e. The van der Waals surface area contributed by atoms with Gasteiger partial charge in [0.05, 0.1) is 16.9 Å². The van der Waals surface area contributed by atoms with Gasteiger partial charge < -0.3 is 16.0 Å². The first-order chi connectivity index (χ1) is 11.9. The maximum atomic E-state index is 13.0. The average Bonchev–Trinajstić information content (AvgIpc) is 3.26. The number of anilines is 2. The van der Waals surface area contributed by atoms with Gasteiger partial charge in [-0.15, -0.1) is 0 Å². The predicted molar refractivity (Wildman–Crippen MR) is 91.5 cm³/mol. The standard InChI is InChI=1S/C18H24F3N3O/c1-2-7-23-14-4-3-12(18(19,20)21)10-15(14)24-16(25)13-11-17(13)5-8-22-9-6-17/h3-4,10,13,22-23H,2,5-9,11H2,1H3,(H,24,25). The van der Waals surface area contributed by atoms with Crippen molar-refractivity contribution in [2.45, 2.75) is 38.8 Å². The number of carbonyl (C=O) groups is 1. The van der Waals surface area contributed by atoms with Crippen LogP contribution in [0.4, 0.5) is 24.5 Å². The molecule has 4 nitrogen and oxygen atoms in total. The molecule has 1 heterocycles. The molecule has 1 aromatic carbocycles. The van der Waals surface area contributed by atoms with E-state index in [9.17, 15) is 18.0 Å². The second-order valence-electron chi connectivity index (χ2n) is 7.04. The topological polar surface area (TPSA) is 53.2 Å². The molecule has 1 aliphatic carbocycles. The van der Waals surface area contributed by atoms with Crippen LogP contribution in [0.1, 0.15) is 38.2 Å². The smallest absolute Gasteiger partial charge is 0.383 e. The van der Waals surface area contributed by atoms with Crippen molar-refractivity contribution in [3.8, 4) is 0 Å². The van der Waals surface area contributed by atoms with E-state index < -0.39 is 11.7 Å². The number of amides is 1. The molecule has 1 unspecified atom stereocenters. The third kappa shape index (κ3) is 3.92. The molecule has 1 saturated carbocycles.